The Balaban J connectivity index is 3.30. The van der Waals surface area contributed by atoms with Crippen LogP contribution in [0.25, 0.3) is 0 Å². The SMILES string of the molecule is CCc1c(CN(C)CCN(C)C)cc(C(C)(C)C)cc1C(C)(C)C. The number of rotatable bonds is 6. The number of likely N-dealkylation sites (N-methyl/N-ethyl adjacent to an activating group) is 2. The van der Waals surface area contributed by atoms with Crippen LogP contribution in [0.4, 0.5) is 0 Å². The largest absolute Gasteiger partial charge is 0.308 e. The van der Waals surface area contributed by atoms with Crippen LogP contribution in [0.1, 0.15) is 70.7 Å². The predicted octanol–water partition coefficient (Wildman–Crippen LogP) is 4.84. The molecule has 1 aromatic carbocycles. The molecule has 1 rings (SSSR count). The van der Waals surface area contributed by atoms with Gasteiger partial charge in [0.1, 0.15) is 0 Å². The summed E-state index contributed by atoms with van der Waals surface area (Å²) < 4.78 is 0. The Labute approximate surface area is 151 Å². The Bertz CT molecular complexity index is 530. The molecular formula is C22H40N2. The summed E-state index contributed by atoms with van der Waals surface area (Å²) in [5.74, 6) is 0. The van der Waals surface area contributed by atoms with Gasteiger partial charge in [0.2, 0.25) is 0 Å². The van der Waals surface area contributed by atoms with Crippen LogP contribution in [0.2, 0.25) is 0 Å². The third-order valence-corrected chi connectivity index (χ3v) is 4.74. The zero-order valence-electron chi connectivity index (χ0n) is 17.9. The van der Waals surface area contributed by atoms with E-state index in [1.54, 1.807) is 5.56 Å². The lowest BCUT2D eigenvalue weighted by atomic mass is 9.76. The summed E-state index contributed by atoms with van der Waals surface area (Å²) >= 11 is 0. The lowest BCUT2D eigenvalue weighted by Gasteiger charge is -2.31. The van der Waals surface area contributed by atoms with E-state index in [2.05, 4.69) is 91.5 Å². The summed E-state index contributed by atoms with van der Waals surface area (Å²) in [6.07, 6.45) is 1.11. The van der Waals surface area contributed by atoms with Gasteiger partial charge in [0.05, 0.1) is 0 Å². The van der Waals surface area contributed by atoms with Gasteiger partial charge in [0.15, 0.2) is 0 Å². The van der Waals surface area contributed by atoms with Crippen LogP contribution in [-0.4, -0.2) is 44.0 Å². The van der Waals surface area contributed by atoms with Crippen molar-refractivity contribution in [3.05, 3.63) is 34.4 Å². The molecule has 0 fully saturated rings. The average Bonchev–Trinajstić information content (AvgIpc) is 2.42. The van der Waals surface area contributed by atoms with E-state index in [0.717, 1.165) is 26.1 Å². The molecule has 0 heterocycles. The minimum absolute atomic E-state index is 0.184. The number of hydrogen-bond donors (Lipinski definition) is 0. The molecule has 0 atom stereocenters. The molecule has 2 heteroatoms. The molecule has 138 valence electrons. The zero-order valence-corrected chi connectivity index (χ0v) is 17.9. The van der Waals surface area contributed by atoms with Crippen LogP contribution in [0.3, 0.4) is 0 Å². The van der Waals surface area contributed by atoms with Gasteiger partial charge in [0.25, 0.3) is 0 Å². The van der Waals surface area contributed by atoms with E-state index in [9.17, 15) is 0 Å². The molecule has 0 unspecified atom stereocenters. The van der Waals surface area contributed by atoms with Crippen molar-refractivity contribution >= 4 is 0 Å². The lowest BCUT2D eigenvalue weighted by molar-refractivity contribution is 0.275. The molecule has 0 aromatic heterocycles. The maximum absolute atomic E-state index is 2.46. The van der Waals surface area contributed by atoms with E-state index in [0.29, 0.717) is 0 Å². The van der Waals surface area contributed by atoms with E-state index in [-0.39, 0.29) is 10.8 Å². The van der Waals surface area contributed by atoms with Gasteiger partial charge in [0, 0.05) is 19.6 Å². The monoisotopic (exact) mass is 332 g/mol. The minimum atomic E-state index is 0.184. The first kappa shape index (κ1) is 21.2. The summed E-state index contributed by atoms with van der Waals surface area (Å²) in [6, 6.07) is 4.92. The molecule has 0 saturated carbocycles. The van der Waals surface area contributed by atoms with Gasteiger partial charge in [-0.3, -0.25) is 0 Å². The fourth-order valence-corrected chi connectivity index (χ4v) is 3.13. The summed E-state index contributed by atoms with van der Waals surface area (Å²) in [6.45, 7) is 19.5. The van der Waals surface area contributed by atoms with Crippen molar-refractivity contribution in [2.75, 3.05) is 34.2 Å². The van der Waals surface area contributed by atoms with E-state index in [4.69, 9.17) is 0 Å². The van der Waals surface area contributed by atoms with Crippen molar-refractivity contribution in [3.63, 3.8) is 0 Å². The van der Waals surface area contributed by atoms with Crippen LogP contribution < -0.4 is 0 Å². The lowest BCUT2D eigenvalue weighted by Crippen LogP contribution is -2.29. The van der Waals surface area contributed by atoms with Crippen LogP contribution in [0, 0.1) is 0 Å². The Morgan fingerprint density at radius 3 is 1.83 bits per heavy atom. The Morgan fingerprint density at radius 2 is 1.42 bits per heavy atom. The number of hydrogen-bond acceptors (Lipinski definition) is 2. The van der Waals surface area contributed by atoms with Crippen molar-refractivity contribution in [1.82, 2.24) is 9.80 Å². The number of nitrogens with zero attached hydrogens (tertiary/aromatic N) is 2. The molecule has 24 heavy (non-hydrogen) atoms. The predicted molar refractivity (Wildman–Crippen MR) is 108 cm³/mol. The van der Waals surface area contributed by atoms with E-state index in [1.165, 1.54) is 16.7 Å². The second-order valence-electron chi connectivity index (χ2n) is 9.56. The number of benzene rings is 1. The first-order valence-electron chi connectivity index (χ1n) is 9.36. The third kappa shape index (κ3) is 5.89. The van der Waals surface area contributed by atoms with Crippen molar-refractivity contribution in [2.45, 2.75) is 72.3 Å². The molecule has 0 radical (unpaired) electrons. The molecule has 1 aromatic rings. The van der Waals surface area contributed by atoms with Crippen molar-refractivity contribution in [2.24, 2.45) is 0 Å². The van der Waals surface area contributed by atoms with E-state index >= 15 is 0 Å². The van der Waals surface area contributed by atoms with Crippen LogP contribution in [-0.2, 0) is 23.8 Å². The molecule has 0 aliphatic rings. The molecule has 0 N–H and O–H groups in total. The molecule has 0 aliphatic heterocycles. The maximum atomic E-state index is 2.46. The molecule has 0 amide bonds. The molecule has 0 bridgehead atoms. The van der Waals surface area contributed by atoms with Gasteiger partial charge in [-0.2, -0.15) is 0 Å². The third-order valence-electron chi connectivity index (χ3n) is 4.74. The van der Waals surface area contributed by atoms with Gasteiger partial charge in [-0.15, -0.1) is 0 Å². The van der Waals surface area contributed by atoms with Gasteiger partial charge >= 0.3 is 0 Å². The Hall–Kier alpha value is -0.860. The summed E-state index contributed by atoms with van der Waals surface area (Å²) in [4.78, 5) is 4.71. The summed E-state index contributed by atoms with van der Waals surface area (Å²) in [7, 11) is 6.52. The fourth-order valence-electron chi connectivity index (χ4n) is 3.13. The first-order chi connectivity index (χ1) is 10.9. The fraction of sp³-hybridized carbons (Fsp3) is 0.727. The van der Waals surface area contributed by atoms with Crippen LogP contribution >= 0.6 is 0 Å². The summed E-state index contributed by atoms with van der Waals surface area (Å²) in [5.41, 5.74) is 6.41. The standard InChI is InChI=1S/C22H40N2/c1-11-19-17(16-24(10)13-12-23(8)9)14-18(21(2,3)4)15-20(19)22(5,6)7/h14-15H,11-13,16H2,1-10H3. The smallest absolute Gasteiger partial charge is 0.0234 e. The van der Waals surface area contributed by atoms with Crippen molar-refractivity contribution in [1.29, 1.82) is 0 Å². The van der Waals surface area contributed by atoms with Gasteiger partial charge < -0.3 is 9.80 Å². The highest BCUT2D eigenvalue weighted by Gasteiger charge is 2.24. The van der Waals surface area contributed by atoms with Crippen LogP contribution in [0.15, 0.2) is 12.1 Å². The highest BCUT2D eigenvalue weighted by molar-refractivity contribution is 5.45. The quantitative estimate of drug-likeness (QED) is 0.735. The molecule has 0 aliphatic carbocycles. The van der Waals surface area contributed by atoms with Crippen molar-refractivity contribution in [3.8, 4) is 0 Å². The van der Waals surface area contributed by atoms with E-state index in [1.807, 2.05) is 0 Å². The average molecular weight is 333 g/mol. The van der Waals surface area contributed by atoms with Crippen molar-refractivity contribution < 1.29 is 0 Å². The van der Waals surface area contributed by atoms with Gasteiger partial charge in [-0.25, -0.2) is 0 Å². The second-order valence-corrected chi connectivity index (χ2v) is 9.56. The maximum Gasteiger partial charge on any atom is 0.0234 e. The molecule has 0 spiro atoms. The Kier molecular flexibility index (Phi) is 7.07. The molecule has 0 saturated heterocycles. The van der Waals surface area contributed by atoms with Gasteiger partial charge in [-0.1, -0.05) is 60.6 Å². The Morgan fingerprint density at radius 1 is 0.833 bits per heavy atom. The minimum Gasteiger partial charge on any atom is -0.308 e. The second kappa shape index (κ2) is 8.01. The van der Waals surface area contributed by atoms with Crippen LogP contribution in [0.5, 0.6) is 0 Å². The van der Waals surface area contributed by atoms with Gasteiger partial charge in [-0.05, 0) is 60.6 Å². The first-order valence-corrected chi connectivity index (χ1v) is 9.36. The highest BCUT2D eigenvalue weighted by atomic mass is 15.1. The topological polar surface area (TPSA) is 6.48 Å². The normalized spacial score (nSPS) is 13.2. The highest BCUT2D eigenvalue weighted by Crippen LogP contribution is 2.34. The molecule has 2 nitrogen and oxygen atoms in total. The summed E-state index contributed by atoms with van der Waals surface area (Å²) in [5, 5.41) is 0. The molecular weight excluding hydrogens is 292 g/mol. The zero-order chi connectivity index (χ0) is 18.7. The van der Waals surface area contributed by atoms with E-state index < -0.39 is 0 Å².